The summed E-state index contributed by atoms with van der Waals surface area (Å²) in [6.45, 7) is 1.82. The number of carbonyl (C=O) groups excluding carboxylic acids is 2. The number of hydrogen-bond acceptors (Lipinski definition) is 4. The predicted octanol–water partition coefficient (Wildman–Crippen LogP) is 2.55. The molecule has 0 aliphatic carbocycles. The van der Waals surface area contributed by atoms with Gasteiger partial charge in [-0.15, -0.1) is 0 Å². The maximum absolute atomic E-state index is 12.0. The van der Waals surface area contributed by atoms with Crippen molar-refractivity contribution in [3.8, 4) is 5.75 Å². The van der Waals surface area contributed by atoms with Crippen molar-refractivity contribution in [1.29, 1.82) is 0 Å². The van der Waals surface area contributed by atoms with Gasteiger partial charge in [-0.1, -0.05) is 11.6 Å². The average Bonchev–Trinajstić information content (AvgIpc) is 2.42. The summed E-state index contributed by atoms with van der Waals surface area (Å²) in [5.74, 6) is -0.802. The summed E-state index contributed by atoms with van der Waals surface area (Å²) in [6.07, 6.45) is 2.71. The molecule has 0 spiro atoms. The first-order chi connectivity index (χ1) is 9.08. The first-order valence-corrected chi connectivity index (χ1v) is 5.84. The number of benzene rings is 1. The molecular formula is C15H13NO3. The summed E-state index contributed by atoms with van der Waals surface area (Å²) < 4.78 is 0. The predicted molar refractivity (Wildman–Crippen MR) is 70.4 cm³/mol. The molecular weight excluding hydrogens is 242 g/mol. The van der Waals surface area contributed by atoms with E-state index in [2.05, 4.69) is 4.98 Å². The van der Waals surface area contributed by atoms with Crippen LogP contribution in [0.15, 0.2) is 42.7 Å². The molecule has 2 rings (SSSR count). The molecule has 0 aliphatic rings. The molecule has 1 heterocycles. The minimum Gasteiger partial charge on any atom is -0.507 e. The van der Waals surface area contributed by atoms with Crippen LogP contribution in [-0.4, -0.2) is 21.7 Å². The van der Waals surface area contributed by atoms with Crippen molar-refractivity contribution in [2.45, 2.75) is 13.3 Å². The lowest BCUT2D eigenvalue weighted by molar-refractivity contribution is 0.0893. The largest absolute Gasteiger partial charge is 0.507 e. The van der Waals surface area contributed by atoms with Gasteiger partial charge in [0.25, 0.3) is 0 Å². The summed E-state index contributed by atoms with van der Waals surface area (Å²) in [5, 5.41) is 9.64. The van der Waals surface area contributed by atoms with Crippen LogP contribution in [0.2, 0.25) is 0 Å². The third-order valence-corrected chi connectivity index (χ3v) is 2.76. The Hall–Kier alpha value is -2.49. The third-order valence-electron chi connectivity index (χ3n) is 2.76. The SMILES string of the molecule is Cc1ccc(O)c(C(=O)CC(=O)c2cccnc2)c1. The summed E-state index contributed by atoms with van der Waals surface area (Å²) in [6, 6.07) is 7.99. The van der Waals surface area contributed by atoms with Crippen LogP contribution in [0, 0.1) is 6.92 Å². The number of aryl methyl sites for hydroxylation is 1. The zero-order chi connectivity index (χ0) is 13.8. The van der Waals surface area contributed by atoms with Gasteiger partial charge in [0.05, 0.1) is 12.0 Å². The molecule has 4 nitrogen and oxygen atoms in total. The van der Waals surface area contributed by atoms with Gasteiger partial charge in [0.15, 0.2) is 11.6 Å². The van der Waals surface area contributed by atoms with E-state index in [0.29, 0.717) is 5.56 Å². The molecule has 96 valence electrons. The number of aromatic hydroxyl groups is 1. The molecule has 0 aliphatic heterocycles. The van der Waals surface area contributed by atoms with Crippen molar-refractivity contribution in [2.75, 3.05) is 0 Å². The number of carbonyl (C=O) groups is 2. The number of nitrogens with zero attached hydrogens (tertiary/aromatic N) is 1. The topological polar surface area (TPSA) is 67.3 Å². The Morgan fingerprint density at radius 2 is 2.00 bits per heavy atom. The second kappa shape index (κ2) is 5.44. The lowest BCUT2D eigenvalue weighted by Gasteiger charge is -2.04. The minimum absolute atomic E-state index is 0.102. The van der Waals surface area contributed by atoms with Crippen LogP contribution in [0.4, 0.5) is 0 Å². The fourth-order valence-electron chi connectivity index (χ4n) is 1.74. The minimum atomic E-state index is -0.393. The lowest BCUT2D eigenvalue weighted by Crippen LogP contribution is -2.09. The maximum atomic E-state index is 12.0. The van der Waals surface area contributed by atoms with Gasteiger partial charge in [0, 0.05) is 18.0 Å². The Bertz CT molecular complexity index is 621. The molecule has 0 bridgehead atoms. The average molecular weight is 255 g/mol. The number of pyridine rings is 1. The zero-order valence-electron chi connectivity index (χ0n) is 10.5. The van der Waals surface area contributed by atoms with Crippen LogP contribution in [0.1, 0.15) is 32.7 Å². The molecule has 0 radical (unpaired) electrons. The van der Waals surface area contributed by atoms with E-state index in [4.69, 9.17) is 0 Å². The highest BCUT2D eigenvalue weighted by atomic mass is 16.3. The fourth-order valence-corrected chi connectivity index (χ4v) is 1.74. The summed E-state index contributed by atoms with van der Waals surface area (Å²) in [4.78, 5) is 27.7. The van der Waals surface area contributed by atoms with Crippen molar-refractivity contribution in [2.24, 2.45) is 0 Å². The number of Topliss-reactive ketones (excluding diaryl/α,β-unsaturated/α-hetero) is 2. The van der Waals surface area contributed by atoms with Crippen molar-refractivity contribution in [3.05, 3.63) is 59.4 Å². The van der Waals surface area contributed by atoms with Crippen LogP contribution >= 0.6 is 0 Å². The molecule has 1 aromatic heterocycles. The number of hydrogen-bond donors (Lipinski definition) is 1. The van der Waals surface area contributed by atoms with Gasteiger partial charge in [-0.3, -0.25) is 14.6 Å². The van der Waals surface area contributed by atoms with Crippen LogP contribution in [0.3, 0.4) is 0 Å². The number of phenolic OH excluding ortho intramolecular Hbond substituents is 1. The van der Waals surface area contributed by atoms with Gasteiger partial charge in [0.1, 0.15) is 5.75 Å². The highest BCUT2D eigenvalue weighted by Crippen LogP contribution is 2.20. The van der Waals surface area contributed by atoms with Crippen molar-refractivity contribution >= 4 is 11.6 Å². The Kier molecular flexibility index (Phi) is 3.71. The van der Waals surface area contributed by atoms with Gasteiger partial charge in [-0.05, 0) is 31.2 Å². The first kappa shape index (κ1) is 13.0. The van der Waals surface area contributed by atoms with Crippen LogP contribution in [-0.2, 0) is 0 Å². The highest BCUT2D eigenvalue weighted by molar-refractivity contribution is 6.14. The third kappa shape index (κ3) is 3.04. The quantitative estimate of drug-likeness (QED) is 0.673. The molecule has 0 unspecified atom stereocenters. The monoisotopic (exact) mass is 255 g/mol. The smallest absolute Gasteiger partial charge is 0.174 e. The Morgan fingerprint density at radius 3 is 2.68 bits per heavy atom. The number of phenols is 1. The molecule has 19 heavy (non-hydrogen) atoms. The van der Waals surface area contributed by atoms with Gasteiger partial charge in [-0.25, -0.2) is 0 Å². The molecule has 0 saturated heterocycles. The van der Waals surface area contributed by atoms with E-state index in [1.807, 2.05) is 6.92 Å². The van der Waals surface area contributed by atoms with Crippen LogP contribution < -0.4 is 0 Å². The van der Waals surface area contributed by atoms with E-state index in [9.17, 15) is 14.7 Å². The second-order valence-electron chi connectivity index (χ2n) is 4.29. The Balaban J connectivity index is 2.18. The fraction of sp³-hybridized carbons (Fsp3) is 0.133. The van der Waals surface area contributed by atoms with Crippen LogP contribution in [0.25, 0.3) is 0 Å². The zero-order valence-corrected chi connectivity index (χ0v) is 10.5. The van der Waals surface area contributed by atoms with Crippen LogP contribution in [0.5, 0.6) is 5.75 Å². The lowest BCUT2D eigenvalue weighted by atomic mass is 10.0. The highest BCUT2D eigenvalue weighted by Gasteiger charge is 2.16. The number of aromatic nitrogens is 1. The van der Waals surface area contributed by atoms with E-state index in [1.165, 1.54) is 12.3 Å². The van der Waals surface area contributed by atoms with Gasteiger partial charge in [0.2, 0.25) is 0 Å². The van der Waals surface area contributed by atoms with Crippen molar-refractivity contribution < 1.29 is 14.7 Å². The summed E-state index contributed by atoms with van der Waals surface area (Å²) >= 11 is 0. The van der Waals surface area contributed by atoms with E-state index < -0.39 is 5.78 Å². The molecule has 0 atom stereocenters. The number of ketones is 2. The molecule has 4 heteroatoms. The molecule has 1 aromatic carbocycles. The molecule has 2 aromatic rings. The molecule has 0 saturated carbocycles. The number of rotatable bonds is 4. The van der Waals surface area contributed by atoms with E-state index in [0.717, 1.165) is 5.56 Å². The van der Waals surface area contributed by atoms with Crippen molar-refractivity contribution in [1.82, 2.24) is 4.98 Å². The maximum Gasteiger partial charge on any atom is 0.174 e. The Morgan fingerprint density at radius 1 is 1.21 bits per heavy atom. The van der Waals surface area contributed by atoms with E-state index in [-0.39, 0.29) is 23.5 Å². The standard InChI is InChI=1S/C15H13NO3/c1-10-4-5-13(17)12(7-10)15(19)8-14(18)11-3-2-6-16-9-11/h2-7,9,17H,8H2,1H3. The van der Waals surface area contributed by atoms with Gasteiger partial charge < -0.3 is 5.11 Å². The normalized spacial score (nSPS) is 10.2. The van der Waals surface area contributed by atoms with E-state index in [1.54, 1.807) is 30.5 Å². The molecule has 1 N–H and O–H groups in total. The molecule has 0 fully saturated rings. The van der Waals surface area contributed by atoms with E-state index >= 15 is 0 Å². The van der Waals surface area contributed by atoms with Crippen molar-refractivity contribution in [3.63, 3.8) is 0 Å². The summed E-state index contributed by atoms with van der Waals surface area (Å²) in [7, 11) is 0. The Labute approximate surface area is 110 Å². The second-order valence-corrected chi connectivity index (χ2v) is 4.29. The summed E-state index contributed by atoms with van der Waals surface area (Å²) in [5.41, 5.74) is 1.43. The van der Waals surface area contributed by atoms with Gasteiger partial charge >= 0.3 is 0 Å². The van der Waals surface area contributed by atoms with Gasteiger partial charge in [-0.2, -0.15) is 0 Å². The molecule has 0 amide bonds. The first-order valence-electron chi connectivity index (χ1n) is 5.84.